The van der Waals surface area contributed by atoms with Gasteiger partial charge in [0.05, 0.1) is 0 Å². The minimum Gasteiger partial charge on any atom is -0.398 e. The number of fused-ring (bicyclic) bond motifs is 1. The highest BCUT2D eigenvalue weighted by atomic mass is 16.2. The number of anilines is 1. The van der Waals surface area contributed by atoms with E-state index in [1.807, 2.05) is 36.1 Å². The van der Waals surface area contributed by atoms with Crippen molar-refractivity contribution in [2.75, 3.05) is 12.3 Å². The molecule has 0 saturated carbocycles. The number of nitrogen functional groups attached to an aromatic ring is 1. The van der Waals surface area contributed by atoms with Crippen LogP contribution in [0.2, 0.25) is 0 Å². The van der Waals surface area contributed by atoms with Crippen molar-refractivity contribution in [2.24, 2.45) is 0 Å². The molecule has 1 aromatic heterocycles. The summed E-state index contributed by atoms with van der Waals surface area (Å²) in [6, 6.07) is 9.44. The van der Waals surface area contributed by atoms with Gasteiger partial charge < -0.3 is 10.6 Å². The van der Waals surface area contributed by atoms with Crippen molar-refractivity contribution >= 4 is 11.6 Å². The SMILES string of the molecule is Cc1ccc(C(=O)N2CCc3ncccc3C2)cc1N. The molecule has 2 N–H and O–H groups in total. The fourth-order valence-corrected chi connectivity index (χ4v) is 2.50. The van der Waals surface area contributed by atoms with Gasteiger partial charge in [0.1, 0.15) is 0 Å². The maximum Gasteiger partial charge on any atom is 0.254 e. The van der Waals surface area contributed by atoms with Gasteiger partial charge in [0.2, 0.25) is 0 Å². The van der Waals surface area contributed by atoms with Gasteiger partial charge in [0, 0.05) is 42.7 Å². The first-order chi connectivity index (χ1) is 9.65. The topological polar surface area (TPSA) is 59.2 Å². The Kier molecular flexibility index (Phi) is 3.14. The van der Waals surface area contributed by atoms with Crippen LogP contribution in [0, 0.1) is 6.92 Å². The zero-order valence-electron chi connectivity index (χ0n) is 11.5. The molecule has 0 saturated heterocycles. The molecule has 1 amide bonds. The van der Waals surface area contributed by atoms with Crippen molar-refractivity contribution in [3.05, 3.63) is 58.9 Å². The zero-order valence-corrected chi connectivity index (χ0v) is 11.5. The van der Waals surface area contributed by atoms with E-state index >= 15 is 0 Å². The Morgan fingerprint density at radius 1 is 1.35 bits per heavy atom. The summed E-state index contributed by atoms with van der Waals surface area (Å²) in [5.74, 6) is 0.0335. The number of nitrogens with two attached hydrogens (primary N) is 1. The van der Waals surface area contributed by atoms with E-state index in [-0.39, 0.29) is 5.91 Å². The second-order valence-electron chi connectivity index (χ2n) is 5.16. The van der Waals surface area contributed by atoms with Gasteiger partial charge in [0.25, 0.3) is 5.91 Å². The molecule has 1 aromatic carbocycles. The number of hydrogen-bond acceptors (Lipinski definition) is 3. The van der Waals surface area contributed by atoms with Crippen LogP contribution in [0.15, 0.2) is 36.5 Å². The van der Waals surface area contributed by atoms with Crippen LogP contribution in [0.3, 0.4) is 0 Å². The molecule has 0 fully saturated rings. The van der Waals surface area contributed by atoms with E-state index < -0.39 is 0 Å². The van der Waals surface area contributed by atoms with Crippen LogP contribution in [0.1, 0.15) is 27.2 Å². The summed E-state index contributed by atoms with van der Waals surface area (Å²) < 4.78 is 0. The van der Waals surface area contributed by atoms with Crippen LogP contribution < -0.4 is 5.73 Å². The predicted octanol–water partition coefficient (Wildman–Crippen LogP) is 2.17. The molecule has 4 nitrogen and oxygen atoms in total. The number of carbonyl (C=O) groups excluding carboxylic acids is 1. The lowest BCUT2D eigenvalue weighted by atomic mass is 10.0. The molecular weight excluding hydrogens is 250 g/mol. The highest BCUT2D eigenvalue weighted by Gasteiger charge is 2.22. The minimum atomic E-state index is 0.0335. The molecule has 2 heterocycles. The summed E-state index contributed by atoms with van der Waals surface area (Å²) in [4.78, 5) is 18.7. The second kappa shape index (κ2) is 4.96. The van der Waals surface area contributed by atoms with Crippen molar-refractivity contribution < 1.29 is 4.79 Å². The molecule has 3 rings (SSSR count). The summed E-state index contributed by atoms with van der Waals surface area (Å²) >= 11 is 0. The number of rotatable bonds is 1. The maximum absolute atomic E-state index is 12.5. The molecule has 0 atom stereocenters. The Labute approximate surface area is 118 Å². The number of pyridine rings is 1. The van der Waals surface area contributed by atoms with E-state index in [0.717, 1.165) is 23.2 Å². The molecule has 4 heteroatoms. The number of hydrogen-bond donors (Lipinski definition) is 1. The van der Waals surface area contributed by atoms with Gasteiger partial charge in [-0.2, -0.15) is 0 Å². The molecule has 102 valence electrons. The first-order valence-electron chi connectivity index (χ1n) is 6.73. The van der Waals surface area contributed by atoms with Gasteiger partial charge in [-0.1, -0.05) is 12.1 Å². The first-order valence-corrected chi connectivity index (χ1v) is 6.73. The van der Waals surface area contributed by atoms with Crippen molar-refractivity contribution in [3.63, 3.8) is 0 Å². The molecule has 0 bridgehead atoms. The number of carbonyl (C=O) groups is 1. The lowest BCUT2D eigenvalue weighted by molar-refractivity contribution is 0.0733. The highest BCUT2D eigenvalue weighted by molar-refractivity contribution is 5.95. The number of nitrogens with zero attached hydrogens (tertiary/aromatic N) is 2. The number of benzene rings is 1. The van der Waals surface area contributed by atoms with Gasteiger partial charge in [-0.15, -0.1) is 0 Å². The van der Waals surface area contributed by atoms with Crippen molar-refractivity contribution in [1.29, 1.82) is 0 Å². The lowest BCUT2D eigenvalue weighted by Gasteiger charge is -2.28. The Morgan fingerprint density at radius 3 is 3.00 bits per heavy atom. The zero-order chi connectivity index (χ0) is 14.1. The minimum absolute atomic E-state index is 0.0335. The third-order valence-corrected chi connectivity index (χ3v) is 3.78. The summed E-state index contributed by atoms with van der Waals surface area (Å²) in [7, 11) is 0. The summed E-state index contributed by atoms with van der Waals surface area (Å²) in [5.41, 5.74) is 10.4. The maximum atomic E-state index is 12.5. The fourth-order valence-electron chi connectivity index (χ4n) is 2.50. The van der Waals surface area contributed by atoms with E-state index in [1.165, 1.54) is 0 Å². The number of aromatic nitrogens is 1. The lowest BCUT2D eigenvalue weighted by Crippen LogP contribution is -2.36. The standard InChI is InChI=1S/C16H17N3O/c1-11-4-5-12(9-14(11)17)16(20)19-8-6-15-13(10-19)3-2-7-18-15/h2-5,7,9H,6,8,10,17H2,1H3. The average molecular weight is 267 g/mol. The Hall–Kier alpha value is -2.36. The van der Waals surface area contributed by atoms with Gasteiger partial charge in [-0.05, 0) is 36.2 Å². The third-order valence-electron chi connectivity index (χ3n) is 3.78. The molecule has 1 aliphatic rings. The normalized spacial score (nSPS) is 13.9. The molecule has 0 spiro atoms. The van der Waals surface area contributed by atoms with Crippen LogP contribution in [-0.2, 0) is 13.0 Å². The molecule has 0 radical (unpaired) electrons. The summed E-state index contributed by atoms with van der Waals surface area (Å²) in [5, 5.41) is 0. The van der Waals surface area contributed by atoms with Crippen LogP contribution in [-0.4, -0.2) is 22.3 Å². The predicted molar refractivity (Wildman–Crippen MR) is 78.3 cm³/mol. The van der Waals surface area contributed by atoms with Crippen LogP contribution >= 0.6 is 0 Å². The van der Waals surface area contributed by atoms with Gasteiger partial charge >= 0.3 is 0 Å². The van der Waals surface area contributed by atoms with Crippen LogP contribution in [0.5, 0.6) is 0 Å². The average Bonchev–Trinajstić information content (AvgIpc) is 2.49. The van der Waals surface area contributed by atoms with Crippen LogP contribution in [0.4, 0.5) is 5.69 Å². The van der Waals surface area contributed by atoms with E-state index in [4.69, 9.17) is 5.73 Å². The Bertz CT molecular complexity index is 667. The smallest absolute Gasteiger partial charge is 0.254 e. The Balaban J connectivity index is 1.84. The monoisotopic (exact) mass is 267 g/mol. The molecule has 2 aromatic rings. The van der Waals surface area contributed by atoms with Crippen molar-refractivity contribution in [2.45, 2.75) is 19.9 Å². The first kappa shape index (κ1) is 12.7. The van der Waals surface area contributed by atoms with E-state index in [2.05, 4.69) is 4.98 Å². The van der Waals surface area contributed by atoms with Crippen molar-refractivity contribution in [3.8, 4) is 0 Å². The molecular formula is C16H17N3O. The second-order valence-corrected chi connectivity index (χ2v) is 5.16. The number of amides is 1. The molecule has 0 unspecified atom stereocenters. The van der Waals surface area contributed by atoms with E-state index in [1.54, 1.807) is 12.3 Å². The van der Waals surface area contributed by atoms with Gasteiger partial charge in [-0.25, -0.2) is 0 Å². The van der Waals surface area contributed by atoms with E-state index in [9.17, 15) is 4.79 Å². The van der Waals surface area contributed by atoms with Crippen molar-refractivity contribution in [1.82, 2.24) is 9.88 Å². The summed E-state index contributed by atoms with van der Waals surface area (Å²) in [6.07, 6.45) is 2.61. The van der Waals surface area contributed by atoms with E-state index in [0.29, 0.717) is 24.3 Å². The number of aryl methyl sites for hydroxylation is 1. The quantitative estimate of drug-likeness (QED) is 0.806. The largest absolute Gasteiger partial charge is 0.398 e. The Morgan fingerprint density at radius 2 is 2.20 bits per heavy atom. The van der Waals surface area contributed by atoms with Gasteiger partial charge in [-0.3, -0.25) is 9.78 Å². The molecule has 0 aliphatic carbocycles. The van der Waals surface area contributed by atoms with Crippen LogP contribution in [0.25, 0.3) is 0 Å². The highest BCUT2D eigenvalue weighted by Crippen LogP contribution is 2.20. The fraction of sp³-hybridized carbons (Fsp3) is 0.250. The third kappa shape index (κ3) is 2.25. The summed E-state index contributed by atoms with van der Waals surface area (Å²) in [6.45, 7) is 3.26. The molecule has 20 heavy (non-hydrogen) atoms. The molecule has 1 aliphatic heterocycles. The van der Waals surface area contributed by atoms with Gasteiger partial charge in [0.15, 0.2) is 0 Å².